The zero-order chi connectivity index (χ0) is 35.1. The van der Waals surface area contributed by atoms with Gasteiger partial charge in [0.2, 0.25) is 0 Å². The second-order valence-corrected chi connectivity index (χ2v) is 14.2. The van der Waals surface area contributed by atoms with Gasteiger partial charge in [-0.1, -0.05) is 164 Å². The van der Waals surface area contributed by atoms with Crippen LogP contribution in [0.1, 0.15) is 0 Å². The number of thiophene rings is 1. The Labute approximate surface area is 311 Å². The second kappa shape index (κ2) is 13.1. The molecule has 8 aromatic carbocycles. The molecule has 0 spiro atoms. The summed E-state index contributed by atoms with van der Waals surface area (Å²) >= 11 is 1.79. The topological polar surface area (TPSA) is 38.7 Å². The quantitative estimate of drug-likeness (QED) is 0.174. The van der Waals surface area contributed by atoms with Crippen LogP contribution in [0.5, 0.6) is 0 Å². The first-order chi connectivity index (χ1) is 26.3. The number of hydrogen-bond donors (Lipinski definition) is 0. The third-order valence-electron chi connectivity index (χ3n) is 9.98. The highest BCUT2D eigenvalue weighted by molar-refractivity contribution is 7.26. The average Bonchev–Trinajstić information content (AvgIpc) is 3.63. The normalized spacial score (nSPS) is 11.4. The molecule has 0 N–H and O–H groups in total. The molecule has 2 aromatic heterocycles. The molecule has 0 saturated heterocycles. The molecule has 0 aliphatic heterocycles. The molecular formula is C49H31N3S. The fourth-order valence-corrected chi connectivity index (χ4v) is 8.56. The molecule has 0 bridgehead atoms. The monoisotopic (exact) mass is 693 g/mol. The molecule has 248 valence electrons. The van der Waals surface area contributed by atoms with Gasteiger partial charge < -0.3 is 0 Å². The summed E-state index contributed by atoms with van der Waals surface area (Å²) in [5, 5.41) is 4.90. The summed E-state index contributed by atoms with van der Waals surface area (Å²) < 4.78 is 2.42. The minimum Gasteiger partial charge on any atom is -0.208 e. The molecule has 0 aliphatic carbocycles. The molecule has 10 aromatic rings. The van der Waals surface area contributed by atoms with E-state index >= 15 is 0 Å². The van der Waals surface area contributed by atoms with E-state index in [1.807, 2.05) is 6.07 Å². The molecule has 0 unspecified atom stereocenters. The standard InChI is InChI=1S/C49H31N3S/c1-3-13-32(14-4-1)33-25-27-36(28-26-33)47-50-48(52-49(51-47)43-23-12-22-41-40-20-9-10-24-45(40)53-46(41)43)42-30-29-37(31-44(42)35-15-5-2-6-16-35)39-21-11-18-34-17-7-8-19-38(34)39/h1-31H. The van der Waals surface area contributed by atoms with Crippen molar-refractivity contribution in [3.8, 4) is 67.5 Å². The highest BCUT2D eigenvalue weighted by atomic mass is 32.1. The first-order valence-corrected chi connectivity index (χ1v) is 18.6. The van der Waals surface area contributed by atoms with Gasteiger partial charge in [-0.15, -0.1) is 11.3 Å². The Morgan fingerprint density at radius 2 is 0.849 bits per heavy atom. The molecule has 3 nitrogen and oxygen atoms in total. The fraction of sp³-hybridized carbons (Fsp3) is 0. The van der Waals surface area contributed by atoms with Crippen LogP contribution in [0, 0.1) is 0 Å². The molecule has 0 saturated carbocycles. The highest BCUT2D eigenvalue weighted by Crippen LogP contribution is 2.41. The van der Waals surface area contributed by atoms with Crippen LogP contribution in [0.2, 0.25) is 0 Å². The van der Waals surface area contributed by atoms with E-state index in [0.717, 1.165) is 38.9 Å². The molecule has 0 aliphatic rings. The van der Waals surface area contributed by atoms with Crippen molar-refractivity contribution in [1.82, 2.24) is 15.0 Å². The second-order valence-electron chi connectivity index (χ2n) is 13.2. The molecular weight excluding hydrogens is 663 g/mol. The first-order valence-electron chi connectivity index (χ1n) is 17.8. The number of aromatic nitrogens is 3. The van der Waals surface area contributed by atoms with Gasteiger partial charge >= 0.3 is 0 Å². The van der Waals surface area contributed by atoms with Crippen LogP contribution in [0.25, 0.3) is 98.5 Å². The van der Waals surface area contributed by atoms with Gasteiger partial charge in [-0.2, -0.15) is 0 Å². The zero-order valence-corrected chi connectivity index (χ0v) is 29.5. The number of fused-ring (bicyclic) bond motifs is 4. The smallest absolute Gasteiger partial charge is 0.165 e. The highest BCUT2D eigenvalue weighted by Gasteiger charge is 2.19. The SMILES string of the molecule is c1ccc(-c2ccc(-c3nc(-c4ccc(-c5cccc6ccccc56)cc4-c4ccccc4)nc(-c4cccc5c4sc4ccccc45)n3)cc2)cc1. The zero-order valence-electron chi connectivity index (χ0n) is 28.6. The molecule has 0 radical (unpaired) electrons. The Bertz CT molecular complexity index is 2930. The summed E-state index contributed by atoms with van der Waals surface area (Å²) in [6.45, 7) is 0. The Morgan fingerprint density at radius 1 is 0.302 bits per heavy atom. The third-order valence-corrected chi connectivity index (χ3v) is 11.2. The van der Waals surface area contributed by atoms with Crippen LogP contribution < -0.4 is 0 Å². The van der Waals surface area contributed by atoms with Crippen LogP contribution in [-0.2, 0) is 0 Å². The Kier molecular flexibility index (Phi) is 7.67. The minimum absolute atomic E-state index is 0.638. The van der Waals surface area contributed by atoms with Crippen molar-refractivity contribution in [2.75, 3.05) is 0 Å². The van der Waals surface area contributed by atoms with E-state index < -0.39 is 0 Å². The van der Waals surface area contributed by atoms with E-state index in [1.165, 1.54) is 42.1 Å². The van der Waals surface area contributed by atoms with Crippen molar-refractivity contribution in [1.29, 1.82) is 0 Å². The first kappa shape index (κ1) is 31.0. The van der Waals surface area contributed by atoms with Gasteiger partial charge in [0, 0.05) is 36.9 Å². The summed E-state index contributed by atoms with van der Waals surface area (Å²) in [6, 6.07) is 66.3. The van der Waals surface area contributed by atoms with E-state index in [2.05, 4.69) is 182 Å². The summed E-state index contributed by atoms with van der Waals surface area (Å²) in [6.07, 6.45) is 0. The number of hydrogen-bond acceptors (Lipinski definition) is 4. The molecule has 0 amide bonds. The van der Waals surface area contributed by atoms with E-state index in [9.17, 15) is 0 Å². The van der Waals surface area contributed by atoms with Gasteiger partial charge in [-0.25, -0.2) is 15.0 Å². The van der Waals surface area contributed by atoms with Gasteiger partial charge in [0.15, 0.2) is 17.5 Å². The largest absolute Gasteiger partial charge is 0.208 e. The van der Waals surface area contributed by atoms with Crippen molar-refractivity contribution in [2.45, 2.75) is 0 Å². The summed E-state index contributed by atoms with van der Waals surface area (Å²) in [7, 11) is 0. The lowest BCUT2D eigenvalue weighted by Gasteiger charge is -2.15. The average molecular weight is 694 g/mol. The van der Waals surface area contributed by atoms with Crippen molar-refractivity contribution >= 4 is 42.3 Å². The van der Waals surface area contributed by atoms with Crippen LogP contribution in [0.3, 0.4) is 0 Å². The van der Waals surface area contributed by atoms with Gasteiger partial charge in [0.05, 0.1) is 0 Å². The molecule has 2 heterocycles. The summed E-state index contributed by atoms with van der Waals surface area (Å²) in [5.41, 5.74) is 9.72. The van der Waals surface area contributed by atoms with Crippen molar-refractivity contribution < 1.29 is 0 Å². The Balaban J connectivity index is 1.20. The van der Waals surface area contributed by atoms with E-state index in [-0.39, 0.29) is 0 Å². The van der Waals surface area contributed by atoms with Gasteiger partial charge in [0.1, 0.15) is 0 Å². The lowest BCUT2D eigenvalue weighted by molar-refractivity contribution is 1.08. The van der Waals surface area contributed by atoms with Crippen molar-refractivity contribution in [2.24, 2.45) is 0 Å². The maximum absolute atomic E-state index is 5.31. The van der Waals surface area contributed by atoms with Crippen LogP contribution in [0.15, 0.2) is 188 Å². The fourth-order valence-electron chi connectivity index (χ4n) is 7.35. The predicted molar refractivity (Wildman–Crippen MR) is 223 cm³/mol. The van der Waals surface area contributed by atoms with Crippen molar-refractivity contribution in [3.63, 3.8) is 0 Å². The Morgan fingerprint density at radius 3 is 1.66 bits per heavy atom. The van der Waals surface area contributed by atoms with Crippen LogP contribution in [-0.4, -0.2) is 15.0 Å². The van der Waals surface area contributed by atoms with E-state index in [0.29, 0.717) is 17.5 Å². The maximum Gasteiger partial charge on any atom is 0.165 e. The van der Waals surface area contributed by atoms with Gasteiger partial charge in [-0.3, -0.25) is 0 Å². The summed E-state index contributed by atoms with van der Waals surface area (Å²) in [5.74, 6) is 1.94. The molecule has 4 heteroatoms. The maximum atomic E-state index is 5.31. The number of nitrogens with zero attached hydrogens (tertiary/aromatic N) is 3. The molecule has 53 heavy (non-hydrogen) atoms. The third kappa shape index (κ3) is 5.66. The van der Waals surface area contributed by atoms with Crippen molar-refractivity contribution in [3.05, 3.63) is 188 Å². The van der Waals surface area contributed by atoms with Gasteiger partial charge in [0.25, 0.3) is 0 Å². The lowest BCUT2D eigenvalue weighted by Crippen LogP contribution is -2.01. The Hall–Kier alpha value is -6.75. The number of benzene rings is 8. The van der Waals surface area contributed by atoms with Crippen LogP contribution >= 0.6 is 11.3 Å². The number of rotatable bonds is 6. The molecule has 0 fully saturated rings. The van der Waals surface area contributed by atoms with E-state index in [4.69, 9.17) is 15.0 Å². The van der Waals surface area contributed by atoms with Crippen LogP contribution in [0.4, 0.5) is 0 Å². The predicted octanol–water partition coefficient (Wildman–Crippen LogP) is 13.4. The summed E-state index contributed by atoms with van der Waals surface area (Å²) in [4.78, 5) is 15.8. The molecule has 0 atom stereocenters. The minimum atomic E-state index is 0.638. The molecule has 10 rings (SSSR count). The van der Waals surface area contributed by atoms with E-state index in [1.54, 1.807) is 11.3 Å². The lowest BCUT2D eigenvalue weighted by atomic mass is 9.92. The van der Waals surface area contributed by atoms with Gasteiger partial charge in [-0.05, 0) is 68.4 Å².